The summed E-state index contributed by atoms with van der Waals surface area (Å²) < 4.78 is 8.79. The number of pyridine rings is 1. The van der Waals surface area contributed by atoms with Crippen molar-refractivity contribution in [2.45, 2.75) is 45.1 Å². The summed E-state index contributed by atoms with van der Waals surface area (Å²) >= 11 is 0. The van der Waals surface area contributed by atoms with Crippen LogP contribution in [0.1, 0.15) is 66.7 Å². The smallest absolute Gasteiger partial charge is 0.341 e. The summed E-state index contributed by atoms with van der Waals surface area (Å²) in [4.78, 5) is 20.9. The molecule has 1 unspecified atom stereocenters. The molecule has 0 spiro atoms. The third-order valence-electron chi connectivity index (χ3n) is 8.32. The Hall–Kier alpha value is -4.38. The largest absolute Gasteiger partial charge is 0.439 e. The van der Waals surface area contributed by atoms with Gasteiger partial charge in [-0.15, -0.1) is 0 Å². The highest BCUT2D eigenvalue weighted by atomic mass is 16.6. The molecule has 3 aromatic carbocycles. The molecule has 0 aliphatic carbocycles. The van der Waals surface area contributed by atoms with Crippen LogP contribution in [0.25, 0.3) is 22.2 Å². The van der Waals surface area contributed by atoms with Crippen molar-refractivity contribution in [3.63, 3.8) is 0 Å². The number of rotatable bonds is 10. The lowest BCUT2D eigenvalue weighted by Gasteiger charge is -2.31. The van der Waals surface area contributed by atoms with Crippen LogP contribution in [-0.4, -0.2) is 28.6 Å². The molecule has 1 atom stereocenters. The molecule has 0 bridgehead atoms. The van der Waals surface area contributed by atoms with E-state index < -0.39 is 5.60 Å². The minimum atomic E-state index is -1.20. The molecular formula is C36H37N3O2. The first-order valence-electron chi connectivity index (χ1n) is 14.8. The lowest BCUT2D eigenvalue weighted by atomic mass is 9.80. The molecule has 0 saturated heterocycles. The van der Waals surface area contributed by atoms with Crippen LogP contribution in [0.15, 0.2) is 97.2 Å². The Morgan fingerprint density at radius 1 is 0.829 bits per heavy atom. The van der Waals surface area contributed by atoms with Crippen molar-refractivity contribution in [2.24, 2.45) is 7.05 Å². The maximum atomic E-state index is 13.6. The molecule has 1 aliphatic heterocycles. The van der Waals surface area contributed by atoms with Crippen LogP contribution in [0, 0.1) is 0 Å². The van der Waals surface area contributed by atoms with Crippen LogP contribution in [-0.2, 0) is 17.4 Å². The van der Waals surface area contributed by atoms with E-state index in [2.05, 4.69) is 85.0 Å². The topological polar surface area (TPSA) is 47.4 Å². The number of unbranched alkanes of at least 4 members (excludes halogenated alkanes) is 2. The Morgan fingerprint density at radius 3 is 2.22 bits per heavy atom. The van der Waals surface area contributed by atoms with E-state index in [0.717, 1.165) is 72.1 Å². The number of esters is 1. The molecule has 208 valence electrons. The standard InChI is InChI=1S/C36H37N3O2/c1-4-6-24-39(25-7-5-2)28-21-19-27(20-22-28)36(34-30(35(40)41-36)17-13-23-37-34)32-29-16-11-12-18-31(29)38(3)33(32)26-14-9-8-10-15-26/h8-23H,4-7,24-25H2,1-3H3. The molecule has 0 amide bonds. The quantitative estimate of drug-likeness (QED) is 0.167. The second kappa shape index (κ2) is 11.2. The molecule has 5 heteroatoms. The average molecular weight is 544 g/mol. The first kappa shape index (κ1) is 26.8. The van der Waals surface area contributed by atoms with Gasteiger partial charge in [-0.25, -0.2) is 4.79 Å². The highest BCUT2D eigenvalue weighted by molar-refractivity contribution is 6.00. The van der Waals surface area contributed by atoms with E-state index in [0.29, 0.717) is 11.3 Å². The second-order valence-electron chi connectivity index (χ2n) is 10.9. The van der Waals surface area contributed by atoms with Gasteiger partial charge in [-0.2, -0.15) is 0 Å². The number of aryl methyl sites for hydroxylation is 1. The molecule has 6 rings (SSSR count). The summed E-state index contributed by atoms with van der Waals surface area (Å²) in [5, 5.41) is 1.04. The Morgan fingerprint density at radius 2 is 1.51 bits per heavy atom. The van der Waals surface area contributed by atoms with Crippen molar-refractivity contribution in [3.05, 3.63) is 120 Å². The van der Waals surface area contributed by atoms with Gasteiger partial charge in [0.15, 0.2) is 0 Å². The van der Waals surface area contributed by atoms with Crippen molar-refractivity contribution in [2.75, 3.05) is 18.0 Å². The third-order valence-corrected chi connectivity index (χ3v) is 8.32. The second-order valence-corrected chi connectivity index (χ2v) is 10.9. The van der Waals surface area contributed by atoms with Crippen molar-refractivity contribution in [3.8, 4) is 11.3 Å². The van der Waals surface area contributed by atoms with Gasteiger partial charge in [0.05, 0.1) is 11.3 Å². The van der Waals surface area contributed by atoms with E-state index in [1.807, 2.05) is 30.3 Å². The summed E-state index contributed by atoms with van der Waals surface area (Å²) in [7, 11) is 2.08. The number of para-hydroxylation sites is 1. The number of fused-ring (bicyclic) bond motifs is 2. The number of anilines is 1. The lowest BCUT2D eigenvalue weighted by molar-refractivity contribution is 0.0249. The van der Waals surface area contributed by atoms with E-state index in [4.69, 9.17) is 9.72 Å². The van der Waals surface area contributed by atoms with Gasteiger partial charge in [-0.05, 0) is 48.7 Å². The van der Waals surface area contributed by atoms with E-state index in [1.54, 1.807) is 12.3 Å². The van der Waals surface area contributed by atoms with E-state index in [9.17, 15) is 4.79 Å². The monoisotopic (exact) mass is 543 g/mol. The summed E-state index contributed by atoms with van der Waals surface area (Å²) in [6.45, 7) is 6.53. The number of nitrogens with zero attached hydrogens (tertiary/aromatic N) is 3. The normalized spacial score (nSPS) is 16.1. The Balaban J connectivity index is 1.61. The summed E-state index contributed by atoms with van der Waals surface area (Å²) in [6.07, 6.45) is 6.38. The predicted octanol–water partition coefficient (Wildman–Crippen LogP) is 8.11. The van der Waals surface area contributed by atoms with E-state index >= 15 is 0 Å². The molecule has 1 aliphatic rings. The van der Waals surface area contributed by atoms with Crippen LogP contribution in [0.5, 0.6) is 0 Å². The average Bonchev–Trinajstić information content (AvgIpc) is 3.49. The lowest BCUT2D eigenvalue weighted by Crippen LogP contribution is -2.31. The first-order valence-corrected chi connectivity index (χ1v) is 14.8. The first-order chi connectivity index (χ1) is 20.1. The number of hydrogen-bond acceptors (Lipinski definition) is 4. The van der Waals surface area contributed by atoms with Crippen LogP contribution in [0.2, 0.25) is 0 Å². The van der Waals surface area contributed by atoms with Crippen LogP contribution < -0.4 is 4.90 Å². The van der Waals surface area contributed by atoms with Crippen molar-refractivity contribution in [1.82, 2.24) is 9.55 Å². The molecule has 0 saturated carbocycles. The number of aromatic nitrogens is 2. The van der Waals surface area contributed by atoms with Gasteiger partial charge in [-0.1, -0.05) is 87.4 Å². The maximum Gasteiger partial charge on any atom is 0.341 e. The highest BCUT2D eigenvalue weighted by Crippen LogP contribution is 2.52. The molecule has 41 heavy (non-hydrogen) atoms. The number of carbonyl (C=O) groups excluding carboxylic acids is 1. The molecule has 5 nitrogen and oxygen atoms in total. The number of ether oxygens (including phenoxy) is 1. The van der Waals surface area contributed by atoms with Crippen molar-refractivity contribution < 1.29 is 9.53 Å². The van der Waals surface area contributed by atoms with E-state index in [1.165, 1.54) is 5.69 Å². The molecule has 3 heterocycles. The molecule has 0 radical (unpaired) electrons. The molecule has 0 fully saturated rings. The number of benzene rings is 3. The zero-order valence-electron chi connectivity index (χ0n) is 24.1. The Kier molecular flexibility index (Phi) is 7.36. The van der Waals surface area contributed by atoms with Crippen LogP contribution in [0.4, 0.5) is 5.69 Å². The third kappa shape index (κ3) is 4.50. The Bertz CT molecular complexity index is 1660. The fourth-order valence-electron chi connectivity index (χ4n) is 6.26. The zero-order valence-corrected chi connectivity index (χ0v) is 24.1. The fraction of sp³-hybridized carbons (Fsp3) is 0.278. The minimum Gasteiger partial charge on any atom is -0.439 e. The maximum absolute atomic E-state index is 13.6. The summed E-state index contributed by atoms with van der Waals surface area (Å²) in [5.41, 5.74) is 6.12. The number of hydrogen-bond donors (Lipinski definition) is 0. The molecule has 2 aromatic heterocycles. The van der Waals surface area contributed by atoms with Gasteiger partial charge in [0.25, 0.3) is 0 Å². The van der Waals surface area contributed by atoms with Gasteiger partial charge in [-0.3, -0.25) is 4.98 Å². The number of cyclic esters (lactones) is 1. The van der Waals surface area contributed by atoms with Crippen LogP contribution in [0.3, 0.4) is 0 Å². The zero-order chi connectivity index (χ0) is 28.4. The molecular weight excluding hydrogens is 506 g/mol. The van der Waals surface area contributed by atoms with Gasteiger partial charge >= 0.3 is 5.97 Å². The van der Waals surface area contributed by atoms with Gasteiger partial charge in [0.1, 0.15) is 5.69 Å². The van der Waals surface area contributed by atoms with Gasteiger partial charge in [0.2, 0.25) is 5.60 Å². The summed E-state index contributed by atoms with van der Waals surface area (Å²) in [5.74, 6) is -0.350. The predicted molar refractivity (Wildman–Crippen MR) is 166 cm³/mol. The fourth-order valence-corrected chi connectivity index (χ4v) is 6.26. The number of carbonyl (C=O) groups is 1. The van der Waals surface area contributed by atoms with Crippen molar-refractivity contribution >= 4 is 22.6 Å². The molecule has 5 aromatic rings. The highest BCUT2D eigenvalue weighted by Gasteiger charge is 2.53. The van der Waals surface area contributed by atoms with Crippen molar-refractivity contribution in [1.29, 1.82) is 0 Å². The van der Waals surface area contributed by atoms with Gasteiger partial charge < -0.3 is 14.2 Å². The van der Waals surface area contributed by atoms with Gasteiger partial charge in [0, 0.05) is 54.1 Å². The SMILES string of the molecule is CCCCN(CCCC)c1ccc(C2(c3c(-c4ccccc4)n(C)c4ccccc34)OC(=O)c3cccnc32)cc1. The molecule has 0 N–H and O–H groups in total. The minimum absolute atomic E-state index is 0.350. The van der Waals surface area contributed by atoms with E-state index in [-0.39, 0.29) is 5.97 Å². The Labute approximate surface area is 242 Å². The summed E-state index contributed by atoms with van der Waals surface area (Å²) in [6, 6.07) is 31.0. The van der Waals surface area contributed by atoms with Crippen LogP contribution >= 0.6 is 0 Å².